The SMILES string of the molecule is CCC(C)CCCCCCCCCCC(=O)O[C@H](COC(=O)CCCCCCCCCCC(C)C)COP(=O)(O)OCC(O)COP(=O)(O)OC[C@@H](COC(=O)CCCCCCCCCCCCCCCCC(C)C)OC(=O)CCCCCCCCCCCCCCCCCCC(C)C. The summed E-state index contributed by atoms with van der Waals surface area (Å²) >= 11 is 0. The highest BCUT2D eigenvalue weighted by molar-refractivity contribution is 7.47. The molecule has 99 heavy (non-hydrogen) atoms. The summed E-state index contributed by atoms with van der Waals surface area (Å²) in [7, 11) is -9.92. The second-order valence-electron chi connectivity index (χ2n) is 30.5. The highest BCUT2D eigenvalue weighted by Gasteiger charge is 2.30. The van der Waals surface area contributed by atoms with Crippen molar-refractivity contribution >= 4 is 39.5 Å². The second kappa shape index (κ2) is 69.1. The van der Waals surface area contributed by atoms with Crippen molar-refractivity contribution in [3.8, 4) is 0 Å². The zero-order valence-electron chi connectivity index (χ0n) is 65.1. The van der Waals surface area contributed by atoms with E-state index in [1.165, 1.54) is 212 Å². The Labute approximate surface area is 607 Å². The number of carbonyl (C=O) groups is 4. The predicted octanol–water partition coefficient (Wildman–Crippen LogP) is 23.6. The van der Waals surface area contributed by atoms with Crippen LogP contribution in [0.2, 0.25) is 0 Å². The summed E-state index contributed by atoms with van der Waals surface area (Å²) < 4.78 is 68.7. The monoisotopic (exact) mass is 1450 g/mol. The topological polar surface area (TPSA) is 237 Å². The number of aliphatic hydroxyl groups excluding tert-OH is 1. The Balaban J connectivity index is 5.25. The van der Waals surface area contributed by atoms with Gasteiger partial charge in [-0.1, -0.05) is 357 Å². The Morgan fingerprint density at radius 2 is 0.485 bits per heavy atom. The minimum absolute atomic E-state index is 0.104. The van der Waals surface area contributed by atoms with Gasteiger partial charge in [0.2, 0.25) is 0 Å². The van der Waals surface area contributed by atoms with E-state index in [4.69, 9.17) is 37.0 Å². The molecule has 0 radical (unpaired) electrons. The summed E-state index contributed by atoms with van der Waals surface area (Å²) in [6, 6.07) is 0. The Hall–Kier alpha value is -1.94. The first-order valence-electron chi connectivity index (χ1n) is 41.2. The van der Waals surface area contributed by atoms with Gasteiger partial charge in [0.25, 0.3) is 0 Å². The molecular formula is C80H156O17P2. The average Bonchev–Trinajstić information content (AvgIpc) is 1.64. The molecule has 17 nitrogen and oxygen atoms in total. The van der Waals surface area contributed by atoms with Crippen LogP contribution in [0.15, 0.2) is 0 Å². The van der Waals surface area contributed by atoms with Gasteiger partial charge in [0.15, 0.2) is 12.2 Å². The van der Waals surface area contributed by atoms with Crippen LogP contribution in [0.5, 0.6) is 0 Å². The van der Waals surface area contributed by atoms with E-state index < -0.39 is 97.5 Å². The molecule has 0 heterocycles. The fourth-order valence-corrected chi connectivity index (χ4v) is 13.8. The van der Waals surface area contributed by atoms with E-state index in [1.807, 2.05) is 0 Å². The second-order valence-corrected chi connectivity index (χ2v) is 33.4. The van der Waals surface area contributed by atoms with E-state index in [1.54, 1.807) is 0 Å². The largest absolute Gasteiger partial charge is 0.472 e. The molecule has 0 aromatic carbocycles. The lowest BCUT2D eigenvalue weighted by Crippen LogP contribution is -2.30. The third-order valence-corrected chi connectivity index (χ3v) is 20.8. The van der Waals surface area contributed by atoms with Crippen molar-refractivity contribution in [2.75, 3.05) is 39.6 Å². The van der Waals surface area contributed by atoms with Gasteiger partial charge in [-0.05, 0) is 49.4 Å². The molecule has 3 N–H and O–H groups in total. The zero-order valence-corrected chi connectivity index (χ0v) is 66.9. The molecule has 0 aliphatic rings. The van der Waals surface area contributed by atoms with E-state index in [0.717, 1.165) is 114 Å². The number of ether oxygens (including phenoxy) is 4. The van der Waals surface area contributed by atoms with Gasteiger partial charge in [-0.2, -0.15) is 0 Å². The Morgan fingerprint density at radius 3 is 0.717 bits per heavy atom. The van der Waals surface area contributed by atoms with Crippen LogP contribution < -0.4 is 0 Å². The highest BCUT2D eigenvalue weighted by atomic mass is 31.2. The van der Waals surface area contributed by atoms with E-state index in [0.29, 0.717) is 25.7 Å². The number of aliphatic hydroxyl groups is 1. The number of unbranched alkanes of at least 4 members (excludes halogenated alkanes) is 42. The highest BCUT2D eigenvalue weighted by Crippen LogP contribution is 2.45. The fourth-order valence-electron chi connectivity index (χ4n) is 12.2. The number of phosphoric acid groups is 2. The molecule has 588 valence electrons. The smallest absolute Gasteiger partial charge is 0.462 e. The van der Waals surface area contributed by atoms with Crippen molar-refractivity contribution in [2.24, 2.45) is 23.7 Å². The van der Waals surface area contributed by atoms with Crippen molar-refractivity contribution in [1.29, 1.82) is 0 Å². The number of esters is 4. The molecule has 0 aliphatic carbocycles. The lowest BCUT2D eigenvalue weighted by molar-refractivity contribution is -0.161. The number of phosphoric ester groups is 2. The van der Waals surface area contributed by atoms with Crippen molar-refractivity contribution in [1.82, 2.24) is 0 Å². The van der Waals surface area contributed by atoms with Gasteiger partial charge in [-0.25, -0.2) is 9.13 Å². The Morgan fingerprint density at radius 1 is 0.283 bits per heavy atom. The molecule has 4 unspecified atom stereocenters. The summed E-state index contributed by atoms with van der Waals surface area (Å²) in [6.45, 7) is 14.2. The first kappa shape index (κ1) is 97.1. The molecule has 0 fully saturated rings. The number of carbonyl (C=O) groups excluding carboxylic acids is 4. The lowest BCUT2D eigenvalue weighted by atomic mass is 9.99. The zero-order chi connectivity index (χ0) is 73.1. The van der Waals surface area contributed by atoms with Crippen LogP contribution >= 0.6 is 15.6 Å². The summed E-state index contributed by atoms with van der Waals surface area (Å²) in [5, 5.41) is 10.6. The lowest BCUT2D eigenvalue weighted by Gasteiger charge is -2.21. The van der Waals surface area contributed by atoms with Crippen LogP contribution in [-0.2, 0) is 65.4 Å². The van der Waals surface area contributed by atoms with Crippen molar-refractivity contribution in [3.05, 3.63) is 0 Å². The van der Waals surface area contributed by atoms with Crippen LogP contribution in [0.3, 0.4) is 0 Å². The molecule has 0 amide bonds. The van der Waals surface area contributed by atoms with E-state index in [2.05, 4.69) is 55.4 Å². The Bertz CT molecular complexity index is 1940. The van der Waals surface area contributed by atoms with Gasteiger partial charge < -0.3 is 33.8 Å². The molecule has 0 aliphatic heterocycles. The first-order chi connectivity index (χ1) is 47.6. The Kier molecular flexibility index (Phi) is 67.8. The van der Waals surface area contributed by atoms with E-state index in [9.17, 15) is 43.2 Å². The van der Waals surface area contributed by atoms with Crippen LogP contribution in [0.25, 0.3) is 0 Å². The molecule has 19 heteroatoms. The quantitative estimate of drug-likeness (QED) is 0.0222. The maximum Gasteiger partial charge on any atom is 0.472 e. The standard InChI is InChI=1S/C80H156O17P2/c1-9-73(8)59-51-43-35-29-31-39-47-55-63-80(85)97-76(67-91-78(83)61-53-45-37-30-28-34-42-50-58-72(6)7)69-95-99(88,89)93-65-74(81)64-92-98(86,87)94-68-75(66-90-77(82)60-52-44-36-26-22-18-15-14-17-21-25-33-41-49-57-71(4)5)96-79(84)62-54-46-38-27-23-19-13-11-10-12-16-20-24-32-40-48-56-70(2)3/h70-76,81H,9-69H2,1-8H3,(H,86,87)(H,88,89)/t73?,74?,75-,76-/m1/s1. The average molecular weight is 1450 g/mol. The minimum atomic E-state index is -4.96. The van der Waals surface area contributed by atoms with Gasteiger partial charge in [-0.3, -0.25) is 37.3 Å². The van der Waals surface area contributed by atoms with Crippen LogP contribution in [0, 0.1) is 23.7 Å². The summed E-state index contributed by atoms with van der Waals surface area (Å²) in [4.78, 5) is 73.0. The van der Waals surface area contributed by atoms with Gasteiger partial charge in [0.1, 0.15) is 19.3 Å². The van der Waals surface area contributed by atoms with Crippen molar-refractivity contribution in [2.45, 2.75) is 427 Å². The van der Waals surface area contributed by atoms with Crippen LogP contribution in [0.1, 0.15) is 409 Å². The van der Waals surface area contributed by atoms with Crippen LogP contribution in [-0.4, -0.2) is 96.7 Å². The molecule has 0 saturated carbocycles. The number of hydrogen-bond acceptors (Lipinski definition) is 15. The molecule has 0 aromatic rings. The van der Waals surface area contributed by atoms with Crippen molar-refractivity contribution in [3.63, 3.8) is 0 Å². The normalized spacial score (nSPS) is 14.3. The van der Waals surface area contributed by atoms with Crippen molar-refractivity contribution < 1.29 is 80.2 Å². The summed E-state index contributed by atoms with van der Waals surface area (Å²) in [5.74, 6) is 0.987. The summed E-state index contributed by atoms with van der Waals surface area (Å²) in [6.07, 6.45) is 55.5. The van der Waals surface area contributed by atoms with Gasteiger partial charge in [-0.15, -0.1) is 0 Å². The van der Waals surface area contributed by atoms with Gasteiger partial charge in [0, 0.05) is 25.7 Å². The molecule has 0 aromatic heterocycles. The minimum Gasteiger partial charge on any atom is -0.462 e. The van der Waals surface area contributed by atoms with Gasteiger partial charge in [0.05, 0.1) is 26.4 Å². The maximum atomic E-state index is 13.1. The molecule has 0 rings (SSSR count). The van der Waals surface area contributed by atoms with Gasteiger partial charge >= 0.3 is 39.5 Å². The van der Waals surface area contributed by atoms with E-state index >= 15 is 0 Å². The predicted molar refractivity (Wildman–Crippen MR) is 404 cm³/mol. The molecular weight excluding hydrogens is 1290 g/mol. The molecule has 0 bridgehead atoms. The summed E-state index contributed by atoms with van der Waals surface area (Å²) in [5.41, 5.74) is 0. The maximum absolute atomic E-state index is 13.1. The third-order valence-electron chi connectivity index (χ3n) is 18.9. The molecule has 6 atom stereocenters. The number of hydrogen-bond donors (Lipinski definition) is 3. The fraction of sp³-hybridized carbons (Fsp3) is 0.950. The third kappa shape index (κ3) is 72.8. The van der Waals surface area contributed by atoms with E-state index in [-0.39, 0.29) is 25.7 Å². The molecule has 0 spiro atoms. The number of rotatable bonds is 77. The van der Waals surface area contributed by atoms with Crippen LogP contribution in [0.4, 0.5) is 0 Å². The molecule has 0 saturated heterocycles. The first-order valence-corrected chi connectivity index (χ1v) is 44.2.